The molecule has 0 radical (unpaired) electrons. The van der Waals surface area contributed by atoms with Crippen LogP contribution in [0.15, 0.2) is 60.7 Å². The van der Waals surface area contributed by atoms with Gasteiger partial charge in [-0.3, -0.25) is 4.79 Å². The molecule has 0 atom stereocenters. The first-order chi connectivity index (χ1) is 14.4. The Balaban J connectivity index is 1.88. The number of amides is 1. The summed E-state index contributed by atoms with van der Waals surface area (Å²) in [6, 6.07) is 7.17. The summed E-state index contributed by atoms with van der Waals surface area (Å²) in [6.45, 7) is 0. The lowest BCUT2D eigenvalue weighted by atomic mass is 9.95. The van der Waals surface area contributed by atoms with Crippen LogP contribution in [-0.2, 0) is 12.1 Å². The predicted octanol–water partition coefficient (Wildman–Crippen LogP) is 6.52. The van der Waals surface area contributed by atoms with Gasteiger partial charge in [-0.25, -0.2) is 13.2 Å². The molecule has 0 aliphatic rings. The van der Waals surface area contributed by atoms with E-state index in [1.54, 1.807) is 0 Å². The zero-order chi connectivity index (χ0) is 23.0. The second-order valence-electron chi connectivity index (χ2n) is 6.39. The number of hydrogen-bond acceptors (Lipinski definition) is 1. The first kappa shape index (κ1) is 22.3. The van der Waals surface area contributed by atoms with Crippen molar-refractivity contribution >= 4 is 11.6 Å². The van der Waals surface area contributed by atoms with Crippen molar-refractivity contribution in [3.05, 3.63) is 100 Å². The molecule has 0 saturated heterocycles. The van der Waals surface area contributed by atoms with Gasteiger partial charge in [0.15, 0.2) is 0 Å². The van der Waals surface area contributed by atoms with E-state index in [-0.39, 0.29) is 5.69 Å². The van der Waals surface area contributed by atoms with Crippen LogP contribution in [0.1, 0.15) is 27.0 Å². The van der Waals surface area contributed by atoms with E-state index in [2.05, 4.69) is 0 Å². The van der Waals surface area contributed by atoms with Crippen LogP contribution < -0.4 is 5.32 Å². The fourth-order valence-electron chi connectivity index (χ4n) is 2.88. The fraction of sp³-hybridized carbons (Fsp3) is 0.0952. The van der Waals surface area contributed by atoms with Gasteiger partial charge < -0.3 is 5.32 Å². The van der Waals surface area contributed by atoms with Crippen LogP contribution in [0.25, 0.3) is 0 Å². The minimum absolute atomic E-state index is 0.170. The Hall–Kier alpha value is -3.43. The number of benzene rings is 3. The van der Waals surface area contributed by atoms with Crippen molar-refractivity contribution in [3.63, 3.8) is 0 Å². The van der Waals surface area contributed by atoms with Gasteiger partial charge in [-0.15, -0.1) is 0 Å². The molecular formula is C21H11F8NO. The van der Waals surface area contributed by atoms with Crippen LogP contribution in [-0.4, -0.2) is 5.91 Å². The smallest absolute Gasteiger partial charge is 0.322 e. The molecule has 0 unspecified atom stereocenters. The molecule has 0 heterocycles. The van der Waals surface area contributed by atoms with E-state index >= 15 is 0 Å². The maximum atomic E-state index is 14.8. The topological polar surface area (TPSA) is 29.1 Å². The third-order valence-corrected chi connectivity index (χ3v) is 4.31. The summed E-state index contributed by atoms with van der Waals surface area (Å²) in [5.41, 5.74) is -4.82. The van der Waals surface area contributed by atoms with Crippen molar-refractivity contribution in [2.75, 3.05) is 5.32 Å². The Morgan fingerprint density at radius 3 is 1.77 bits per heavy atom. The van der Waals surface area contributed by atoms with Crippen molar-refractivity contribution in [1.29, 1.82) is 0 Å². The highest BCUT2D eigenvalue weighted by atomic mass is 19.4. The molecule has 0 bridgehead atoms. The second kappa shape index (κ2) is 8.01. The molecule has 0 spiro atoms. The number of rotatable bonds is 4. The minimum atomic E-state index is -5.00. The molecule has 3 aromatic carbocycles. The van der Waals surface area contributed by atoms with Crippen molar-refractivity contribution in [1.82, 2.24) is 0 Å². The fourth-order valence-corrected chi connectivity index (χ4v) is 2.88. The third kappa shape index (κ3) is 4.52. The number of hydrogen-bond donors (Lipinski definition) is 1. The minimum Gasteiger partial charge on any atom is -0.322 e. The zero-order valence-corrected chi connectivity index (χ0v) is 15.2. The summed E-state index contributed by atoms with van der Waals surface area (Å²) in [5, 5.41) is 2.05. The molecule has 162 valence electrons. The van der Waals surface area contributed by atoms with Crippen molar-refractivity contribution in [2.24, 2.45) is 0 Å². The third-order valence-electron chi connectivity index (χ3n) is 4.31. The molecule has 10 heteroatoms. The van der Waals surface area contributed by atoms with E-state index < -0.39 is 57.7 Å². The molecule has 3 rings (SSSR count). The van der Waals surface area contributed by atoms with Crippen molar-refractivity contribution in [3.8, 4) is 0 Å². The summed E-state index contributed by atoms with van der Waals surface area (Å²) >= 11 is 0. The molecule has 3 aromatic rings. The van der Waals surface area contributed by atoms with Crippen molar-refractivity contribution in [2.45, 2.75) is 12.1 Å². The van der Waals surface area contributed by atoms with Crippen molar-refractivity contribution < 1.29 is 39.9 Å². The van der Waals surface area contributed by atoms with Crippen LogP contribution >= 0.6 is 0 Å². The lowest BCUT2D eigenvalue weighted by Gasteiger charge is -2.22. The van der Waals surface area contributed by atoms with Gasteiger partial charge in [-0.1, -0.05) is 30.3 Å². The SMILES string of the molecule is O=C(Nc1ccc(C(F)(F)c2ccccc2C(F)(F)F)cc1)c1c(F)cc(F)cc1F. The van der Waals surface area contributed by atoms with E-state index in [1.807, 2.05) is 5.32 Å². The Morgan fingerprint density at radius 1 is 0.742 bits per heavy atom. The van der Waals surface area contributed by atoms with Gasteiger partial charge in [-0.05, 0) is 18.2 Å². The Bertz CT molecular complexity index is 1100. The first-order valence-corrected chi connectivity index (χ1v) is 8.52. The van der Waals surface area contributed by atoms with E-state index in [0.29, 0.717) is 24.3 Å². The standard InChI is InChI=1S/C21H11F8NO/c22-12-9-16(23)18(17(24)10-12)19(31)30-13-7-5-11(6-8-13)20(25,26)14-3-1-2-4-15(14)21(27,28)29/h1-10H,(H,30,31). The van der Waals surface area contributed by atoms with Crippen LogP contribution in [0, 0.1) is 17.5 Å². The Morgan fingerprint density at radius 2 is 1.26 bits per heavy atom. The summed E-state index contributed by atoms with van der Waals surface area (Å²) < 4.78 is 109. The molecule has 0 aliphatic heterocycles. The van der Waals surface area contributed by atoms with Gasteiger partial charge in [0, 0.05) is 28.9 Å². The Labute approximate surface area is 170 Å². The average Bonchev–Trinajstić information content (AvgIpc) is 2.67. The number of carbonyl (C=O) groups is 1. The lowest BCUT2D eigenvalue weighted by Crippen LogP contribution is -2.21. The monoisotopic (exact) mass is 445 g/mol. The van der Waals surface area contributed by atoms with E-state index in [0.717, 1.165) is 36.4 Å². The normalized spacial score (nSPS) is 12.0. The highest BCUT2D eigenvalue weighted by Gasteiger charge is 2.43. The molecule has 0 saturated carbocycles. The number of anilines is 1. The van der Waals surface area contributed by atoms with Gasteiger partial charge in [0.25, 0.3) is 11.8 Å². The maximum Gasteiger partial charge on any atom is 0.416 e. The van der Waals surface area contributed by atoms with Crippen LogP contribution in [0.5, 0.6) is 0 Å². The van der Waals surface area contributed by atoms with E-state index in [9.17, 15) is 39.9 Å². The number of nitrogens with one attached hydrogen (secondary N) is 1. The molecular weight excluding hydrogens is 434 g/mol. The molecule has 31 heavy (non-hydrogen) atoms. The van der Waals surface area contributed by atoms with Crippen LogP contribution in [0.3, 0.4) is 0 Å². The van der Waals surface area contributed by atoms with Gasteiger partial charge in [-0.2, -0.15) is 22.0 Å². The Kier molecular flexibility index (Phi) is 5.75. The average molecular weight is 445 g/mol. The highest BCUT2D eigenvalue weighted by molar-refractivity contribution is 6.04. The van der Waals surface area contributed by atoms with E-state index in [4.69, 9.17) is 0 Å². The number of halogens is 8. The predicted molar refractivity (Wildman–Crippen MR) is 95.2 cm³/mol. The molecule has 0 aromatic heterocycles. The first-order valence-electron chi connectivity index (χ1n) is 8.52. The largest absolute Gasteiger partial charge is 0.416 e. The quantitative estimate of drug-likeness (QED) is 0.456. The van der Waals surface area contributed by atoms with Gasteiger partial charge >= 0.3 is 6.18 Å². The number of alkyl halides is 5. The molecule has 1 N–H and O–H groups in total. The van der Waals surface area contributed by atoms with Gasteiger partial charge in [0.05, 0.1) is 5.56 Å². The second-order valence-corrected chi connectivity index (χ2v) is 6.39. The molecule has 0 aliphatic carbocycles. The summed E-state index contributed by atoms with van der Waals surface area (Å²) in [6.07, 6.45) is -5.00. The summed E-state index contributed by atoms with van der Waals surface area (Å²) in [5.74, 6) is -9.51. The summed E-state index contributed by atoms with van der Waals surface area (Å²) in [7, 11) is 0. The van der Waals surface area contributed by atoms with E-state index in [1.165, 1.54) is 0 Å². The van der Waals surface area contributed by atoms with Crippen LogP contribution in [0.4, 0.5) is 40.8 Å². The maximum absolute atomic E-state index is 14.8. The molecule has 2 nitrogen and oxygen atoms in total. The summed E-state index contributed by atoms with van der Waals surface area (Å²) in [4.78, 5) is 12.0. The number of carbonyl (C=O) groups excluding carboxylic acids is 1. The molecule has 0 fully saturated rings. The lowest BCUT2D eigenvalue weighted by molar-refractivity contribution is -0.140. The van der Waals surface area contributed by atoms with Crippen LogP contribution in [0.2, 0.25) is 0 Å². The van der Waals surface area contributed by atoms with Gasteiger partial charge in [0.1, 0.15) is 23.0 Å². The molecule has 1 amide bonds. The van der Waals surface area contributed by atoms with Gasteiger partial charge in [0.2, 0.25) is 0 Å². The highest BCUT2D eigenvalue weighted by Crippen LogP contribution is 2.43. The zero-order valence-electron chi connectivity index (χ0n) is 15.2.